The van der Waals surface area contributed by atoms with Crippen molar-refractivity contribution in [3.8, 4) is 22.1 Å². The van der Waals surface area contributed by atoms with Crippen LogP contribution in [0.5, 0.6) is 11.5 Å². The molecule has 1 unspecified atom stereocenters. The summed E-state index contributed by atoms with van der Waals surface area (Å²) < 4.78 is 10.6. The maximum absolute atomic E-state index is 12.6. The molecule has 6 heteroatoms. The molecule has 0 aliphatic heterocycles. The molecule has 2 aromatic rings. The maximum Gasteiger partial charge on any atom is 0.263 e. The van der Waals surface area contributed by atoms with Gasteiger partial charge in [0, 0.05) is 11.6 Å². The Balaban J connectivity index is 2.17. The van der Waals surface area contributed by atoms with E-state index in [1.165, 1.54) is 11.3 Å². The molecule has 1 aromatic heterocycles. The molecule has 0 radical (unpaired) electrons. The van der Waals surface area contributed by atoms with Crippen LogP contribution in [0.2, 0.25) is 0 Å². The molecular formula is C20H28N2O3S. The number of aromatic nitrogens is 1. The number of hydrogen-bond donors (Lipinski definition) is 1. The van der Waals surface area contributed by atoms with Gasteiger partial charge in [-0.3, -0.25) is 4.79 Å². The first-order chi connectivity index (χ1) is 12.3. The lowest BCUT2D eigenvalue weighted by molar-refractivity contribution is 0.0940. The topological polar surface area (TPSA) is 60.5 Å². The van der Waals surface area contributed by atoms with Crippen LogP contribution in [0, 0.1) is 12.8 Å². The Morgan fingerprint density at radius 1 is 1.15 bits per heavy atom. The van der Waals surface area contributed by atoms with Crippen molar-refractivity contribution in [2.24, 2.45) is 5.92 Å². The first-order valence-electron chi connectivity index (χ1n) is 8.86. The number of ether oxygens (including phenoxy) is 2. The third kappa shape index (κ3) is 4.97. The third-order valence-electron chi connectivity index (χ3n) is 4.19. The van der Waals surface area contributed by atoms with E-state index in [0.717, 1.165) is 29.1 Å². The summed E-state index contributed by atoms with van der Waals surface area (Å²) in [6.07, 6.45) is 2.07. The van der Waals surface area contributed by atoms with Crippen LogP contribution >= 0.6 is 11.3 Å². The molecule has 5 nitrogen and oxygen atoms in total. The number of rotatable bonds is 8. The van der Waals surface area contributed by atoms with Gasteiger partial charge in [0.2, 0.25) is 0 Å². The molecule has 0 fully saturated rings. The molecule has 1 heterocycles. The van der Waals surface area contributed by atoms with E-state index in [4.69, 9.17) is 9.47 Å². The fourth-order valence-corrected chi connectivity index (χ4v) is 3.61. The Morgan fingerprint density at radius 3 is 2.46 bits per heavy atom. The van der Waals surface area contributed by atoms with Gasteiger partial charge in [-0.25, -0.2) is 4.98 Å². The van der Waals surface area contributed by atoms with Crippen LogP contribution < -0.4 is 14.8 Å². The number of amides is 1. The molecule has 0 saturated heterocycles. The number of benzene rings is 1. The van der Waals surface area contributed by atoms with Crippen molar-refractivity contribution in [2.75, 3.05) is 14.2 Å². The summed E-state index contributed by atoms with van der Waals surface area (Å²) in [4.78, 5) is 17.8. The Morgan fingerprint density at radius 2 is 1.85 bits per heavy atom. The monoisotopic (exact) mass is 376 g/mol. The highest BCUT2D eigenvalue weighted by molar-refractivity contribution is 7.17. The largest absolute Gasteiger partial charge is 0.493 e. The predicted molar refractivity (Wildman–Crippen MR) is 106 cm³/mol. The van der Waals surface area contributed by atoms with Gasteiger partial charge in [0.05, 0.1) is 19.9 Å². The van der Waals surface area contributed by atoms with Crippen molar-refractivity contribution in [3.05, 3.63) is 28.8 Å². The molecule has 1 N–H and O–H groups in total. The summed E-state index contributed by atoms with van der Waals surface area (Å²) in [5, 5.41) is 3.88. The van der Waals surface area contributed by atoms with Gasteiger partial charge >= 0.3 is 0 Å². The highest BCUT2D eigenvalue weighted by Crippen LogP contribution is 2.35. The number of hydrogen-bond acceptors (Lipinski definition) is 5. The number of carbonyl (C=O) groups is 1. The Kier molecular flexibility index (Phi) is 7.03. The molecule has 0 bridgehead atoms. The zero-order chi connectivity index (χ0) is 19.3. The highest BCUT2D eigenvalue weighted by Gasteiger charge is 2.19. The Hall–Kier alpha value is -2.08. The lowest BCUT2D eigenvalue weighted by Gasteiger charge is -2.14. The molecule has 1 atom stereocenters. The average Bonchev–Trinajstić information content (AvgIpc) is 3.01. The summed E-state index contributed by atoms with van der Waals surface area (Å²) in [7, 11) is 3.21. The molecule has 0 aliphatic carbocycles. The van der Waals surface area contributed by atoms with E-state index in [9.17, 15) is 4.79 Å². The van der Waals surface area contributed by atoms with Crippen molar-refractivity contribution < 1.29 is 14.3 Å². The summed E-state index contributed by atoms with van der Waals surface area (Å²) in [6, 6.07) is 5.80. The molecular weight excluding hydrogens is 348 g/mol. The van der Waals surface area contributed by atoms with Crippen LogP contribution in [-0.2, 0) is 0 Å². The molecule has 0 saturated carbocycles. The lowest BCUT2D eigenvalue weighted by atomic mass is 10.0. The third-order valence-corrected chi connectivity index (χ3v) is 5.39. The normalized spacial score (nSPS) is 12.1. The number of nitrogens with one attached hydrogen (secondary N) is 1. The standard InChI is InChI=1S/C20H28N2O3S/c1-12(2)7-8-13(3)21-19(23)18-14(4)22-20(26-18)15-9-10-16(24-5)17(11-15)25-6/h9-13H,7-8H2,1-6H3,(H,21,23). The number of methoxy groups -OCH3 is 2. The quantitative estimate of drug-likeness (QED) is 0.726. The summed E-state index contributed by atoms with van der Waals surface area (Å²) in [6.45, 7) is 8.30. The molecule has 142 valence electrons. The van der Waals surface area contributed by atoms with Gasteiger partial charge in [0.1, 0.15) is 9.88 Å². The van der Waals surface area contributed by atoms with Crippen molar-refractivity contribution >= 4 is 17.2 Å². The zero-order valence-electron chi connectivity index (χ0n) is 16.4. The highest BCUT2D eigenvalue weighted by atomic mass is 32.1. The molecule has 26 heavy (non-hydrogen) atoms. The first kappa shape index (κ1) is 20.2. The number of nitrogens with zero attached hydrogens (tertiary/aromatic N) is 1. The van der Waals surface area contributed by atoms with E-state index in [1.54, 1.807) is 14.2 Å². The first-order valence-corrected chi connectivity index (χ1v) is 9.68. The number of carbonyl (C=O) groups excluding carboxylic acids is 1. The summed E-state index contributed by atoms with van der Waals surface area (Å²) in [5.74, 6) is 1.90. The Bertz CT molecular complexity index is 756. The van der Waals surface area contributed by atoms with Crippen LogP contribution in [0.15, 0.2) is 18.2 Å². The van der Waals surface area contributed by atoms with Crippen molar-refractivity contribution in [1.29, 1.82) is 0 Å². The molecule has 1 aromatic carbocycles. The van der Waals surface area contributed by atoms with Gasteiger partial charge in [0.25, 0.3) is 5.91 Å². The van der Waals surface area contributed by atoms with Crippen molar-refractivity contribution in [3.63, 3.8) is 0 Å². The summed E-state index contributed by atoms with van der Waals surface area (Å²) >= 11 is 1.40. The van der Waals surface area contributed by atoms with Crippen molar-refractivity contribution in [1.82, 2.24) is 10.3 Å². The number of aryl methyl sites for hydroxylation is 1. The van der Waals surface area contributed by atoms with Gasteiger partial charge in [-0.2, -0.15) is 0 Å². The zero-order valence-corrected chi connectivity index (χ0v) is 17.2. The SMILES string of the molecule is COc1ccc(-c2nc(C)c(C(=O)NC(C)CCC(C)C)s2)cc1OC. The van der Waals surface area contributed by atoms with E-state index in [2.05, 4.69) is 24.1 Å². The smallest absolute Gasteiger partial charge is 0.263 e. The van der Waals surface area contributed by atoms with Gasteiger partial charge in [0.15, 0.2) is 11.5 Å². The molecule has 2 rings (SSSR count). The van der Waals surface area contributed by atoms with E-state index < -0.39 is 0 Å². The van der Waals surface area contributed by atoms with Crippen LogP contribution in [0.3, 0.4) is 0 Å². The minimum atomic E-state index is -0.0528. The van der Waals surface area contributed by atoms with E-state index >= 15 is 0 Å². The van der Waals surface area contributed by atoms with Crippen LogP contribution in [0.1, 0.15) is 49.0 Å². The van der Waals surface area contributed by atoms with Gasteiger partial charge in [-0.15, -0.1) is 11.3 Å². The van der Waals surface area contributed by atoms with Crippen LogP contribution in [-0.4, -0.2) is 31.2 Å². The fraction of sp³-hybridized carbons (Fsp3) is 0.500. The Labute approximate surface area is 159 Å². The lowest BCUT2D eigenvalue weighted by Crippen LogP contribution is -2.32. The second-order valence-corrected chi connectivity index (χ2v) is 7.85. The van der Waals surface area contributed by atoms with Gasteiger partial charge < -0.3 is 14.8 Å². The fourth-order valence-electron chi connectivity index (χ4n) is 2.64. The van der Waals surface area contributed by atoms with Gasteiger partial charge in [-0.05, 0) is 50.8 Å². The predicted octanol–water partition coefficient (Wildman–Crippen LogP) is 4.69. The van der Waals surface area contributed by atoms with Gasteiger partial charge in [-0.1, -0.05) is 13.8 Å². The average molecular weight is 377 g/mol. The molecule has 0 spiro atoms. The van der Waals surface area contributed by atoms with Crippen LogP contribution in [0.25, 0.3) is 10.6 Å². The van der Waals surface area contributed by atoms with Crippen LogP contribution in [0.4, 0.5) is 0 Å². The second kappa shape index (κ2) is 9.03. The molecule has 0 aliphatic rings. The van der Waals surface area contributed by atoms with Crippen molar-refractivity contribution in [2.45, 2.75) is 46.6 Å². The van der Waals surface area contributed by atoms with E-state index in [0.29, 0.717) is 22.3 Å². The number of thiazole rings is 1. The maximum atomic E-state index is 12.6. The second-order valence-electron chi connectivity index (χ2n) is 6.85. The van der Waals surface area contributed by atoms with E-state index in [-0.39, 0.29) is 11.9 Å². The van der Waals surface area contributed by atoms with E-state index in [1.807, 2.05) is 32.0 Å². The minimum absolute atomic E-state index is 0.0528. The summed E-state index contributed by atoms with van der Waals surface area (Å²) in [5.41, 5.74) is 1.65. The molecule has 1 amide bonds. The minimum Gasteiger partial charge on any atom is -0.493 e.